The molecular weight excluding hydrogens is 378 g/mol. The van der Waals surface area contributed by atoms with Crippen molar-refractivity contribution in [3.63, 3.8) is 0 Å². The molecule has 0 bridgehead atoms. The number of nitrogens with one attached hydrogen (secondary N) is 1. The summed E-state index contributed by atoms with van der Waals surface area (Å²) in [4.78, 5) is 28.0. The highest BCUT2D eigenvalue weighted by atomic mass is 16.3. The van der Waals surface area contributed by atoms with Crippen LogP contribution in [0.4, 0.5) is 5.69 Å². The van der Waals surface area contributed by atoms with Crippen molar-refractivity contribution >= 4 is 28.6 Å². The third-order valence-corrected chi connectivity index (χ3v) is 5.92. The van der Waals surface area contributed by atoms with E-state index in [0.717, 1.165) is 42.5 Å². The molecule has 4 rings (SSSR count). The summed E-state index contributed by atoms with van der Waals surface area (Å²) in [6, 6.07) is 11.7. The highest BCUT2D eigenvalue weighted by Gasteiger charge is 2.24. The maximum atomic E-state index is 13.2. The molecule has 1 aliphatic carbocycles. The highest BCUT2D eigenvalue weighted by molar-refractivity contribution is 6.00. The SMILES string of the molecule is CCN(C(=O)Cn1c(C(=O)NC2CCCCC2)cc2occc21)c1cccc(C)c1. The molecule has 1 fully saturated rings. The summed E-state index contributed by atoms with van der Waals surface area (Å²) in [7, 11) is 0. The number of likely N-dealkylation sites (N-methyl/N-ethyl adjacent to an activating group) is 1. The molecule has 0 aliphatic heterocycles. The average molecular weight is 408 g/mol. The number of benzene rings is 1. The summed E-state index contributed by atoms with van der Waals surface area (Å²) in [5.74, 6) is -0.201. The minimum Gasteiger partial charge on any atom is -0.463 e. The van der Waals surface area contributed by atoms with Crippen LogP contribution in [0.3, 0.4) is 0 Å². The number of aryl methyl sites for hydroxylation is 1. The summed E-state index contributed by atoms with van der Waals surface area (Å²) < 4.78 is 7.30. The van der Waals surface area contributed by atoms with Gasteiger partial charge < -0.3 is 19.2 Å². The van der Waals surface area contributed by atoms with Crippen LogP contribution in [0.2, 0.25) is 0 Å². The molecule has 1 N–H and O–H groups in total. The number of carbonyl (C=O) groups is 2. The number of aromatic nitrogens is 1. The van der Waals surface area contributed by atoms with Crippen molar-refractivity contribution in [2.45, 2.75) is 58.5 Å². The zero-order chi connectivity index (χ0) is 21.1. The van der Waals surface area contributed by atoms with Gasteiger partial charge in [0.1, 0.15) is 12.2 Å². The van der Waals surface area contributed by atoms with Crippen LogP contribution in [0.5, 0.6) is 0 Å². The second-order valence-electron chi connectivity index (χ2n) is 8.07. The smallest absolute Gasteiger partial charge is 0.268 e. The molecule has 2 aromatic heterocycles. The number of anilines is 1. The van der Waals surface area contributed by atoms with Crippen molar-refractivity contribution in [3.8, 4) is 0 Å². The van der Waals surface area contributed by atoms with Crippen LogP contribution in [0.25, 0.3) is 11.1 Å². The van der Waals surface area contributed by atoms with E-state index in [1.807, 2.05) is 44.2 Å². The van der Waals surface area contributed by atoms with E-state index in [1.165, 1.54) is 6.42 Å². The first kappa shape index (κ1) is 20.3. The third kappa shape index (κ3) is 4.13. The summed E-state index contributed by atoms with van der Waals surface area (Å²) in [6.45, 7) is 4.61. The van der Waals surface area contributed by atoms with Gasteiger partial charge in [-0.2, -0.15) is 0 Å². The molecule has 3 aromatic rings. The molecule has 0 atom stereocenters. The molecule has 2 amide bonds. The highest BCUT2D eigenvalue weighted by Crippen LogP contribution is 2.24. The van der Waals surface area contributed by atoms with E-state index in [9.17, 15) is 9.59 Å². The molecule has 158 valence electrons. The molecule has 1 aromatic carbocycles. The monoisotopic (exact) mass is 407 g/mol. The number of rotatable bonds is 6. The summed E-state index contributed by atoms with van der Waals surface area (Å²) >= 11 is 0. The number of amides is 2. The van der Waals surface area contributed by atoms with Crippen LogP contribution in [0.1, 0.15) is 55.1 Å². The molecule has 0 radical (unpaired) electrons. The van der Waals surface area contributed by atoms with Gasteiger partial charge in [-0.1, -0.05) is 31.4 Å². The Morgan fingerprint density at radius 2 is 1.97 bits per heavy atom. The van der Waals surface area contributed by atoms with Crippen molar-refractivity contribution in [1.82, 2.24) is 9.88 Å². The average Bonchev–Trinajstić information content (AvgIpc) is 3.32. The molecule has 1 saturated carbocycles. The van der Waals surface area contributed by atoms with E-state index < -0.39 is 0 Å². The molecule has 0 unspecified atom stereocenters. The van der Waals surface area contributed by atoms with Gasteiger partial charge in [-0.05, 0) is 44.4 Å². The van der Waals surface area contributed by atoms with Crippen molar-refractivity contribution in [3.05, 3.63) is 53.9 Å². The number of fused-ring (bicyclic) bond motifs is 1. The predicted molar refractivity (Wildman–Crippen MR) is 118 cm³/mol. The number of carbonyl (C=O) groups excluding carboxylic acids is 2. The van der Waals surface area contributed by atoms with Crippen LogP contribution in [0, 0.1) is 6.92 Å². The Morgan fingerprint density at radius 3 is 2.70 bits per heavy atom. The van der Waals surface area contributed by atoms with Gasteiger partial charge in [0.05, 0.1) is 11.8 Å². The minimum atomic E-state index is -0.139. The van der Waals surface area contributed by atoms with Crippen LogP contribution >= 0.6 is 0 Å². The number of furan rings is 1. The molecule has 30 heavy (non-hydrogen) atoms. The summed E-state index contributed by atoms with van der Waals surface area (Å²) in [5, 5.41) is 3.16. The predicted octanol–water partition coefficient (Wildman–Crippen LogP) is 4.66. The van der Waals surface area contributed by atoms with Crippen LogP contribution < -0.4 is 10.2 Å². The second-order valence-corrected chi connectivity index (χ2v) is 8.07. The lowest BCUT2D eigenvalue weighted by atomic mass is 9.95. The van der Waals surface area contributed by atoms with Crippen LogP contribution in [-0.2, 0) is 11.3 Å². The Morgan fingerprint density at radius 1 is 1.17 bits per heavy atom. The number of hydrogen-bond donors (Lipinski definition) is 1. The molecular formula is C24H29N3O3. The van der Waals surface area contributed by atoms with Crippen molar-refractivity contribution in [1.29, 1.82) is 0 Å². The fourth-order valence-corrected chi connectivity index (χ4v) is 4.36. The van der Waals surface area contributed by atoms with Gasteiger partial charge in [0, 0.05) is 30.4 Å². The maximum absolute atomic E-state index is 13.2. The van der Waals surface area contributed by atoms with E-state index in [4.69, 9.17) is 4.42 Å². The maximum Gasteiger partial charge on any atom is 0.268 e. The van der Waals surface area contributed by atoms with Gasteiger partial charge in [-0.15, -0.1) is 0 Å². The van der Waals surface area contributed by atoms with Gasteiger partial charge >= 0.3 is 0 Å². The normalized spacial score (nSPS) is 14.7. The Kier molecular flexibility index (Phi) is 5.93. The Bertz CT molecular complexity index is 1040. The lowest BCUT2D eigenvalue weighted by Gasteiger charge is -2.24. The molecule has 2 heterocycles. The van der Waals surface area contributed by atoms with Crippen molar-refractivity contribution in [2.24, 2.45) is 0 Å². The van der Waals surface area contributed by atoms with E-state index in [0.29, 0.717) is 17.8 Å². The van der Waals surface area contributed by atoms with Crippen molar-refractivity contribution < 1.29 is 14.0 Å². The summed E-state index contributed by atoms with van der Waals surface area (Å²) in [5.41, 5.74) is 3.83. The lowest BCUT2D eigenvalue weighted by Crippen LogP contribution is -2.38. The fourth-order valence-electron chi connectivity index (χ4n) is 4.36. The Hall–Kier alpha value is -3.02. The van der Waals surface area contributed by atoms with Gasteiger partial charge in [0.2, 0.25) is 5.91 Å². The van der Waals surface area contributed by atoms with Gasteiger partial charge in [0.25, 0.3) is 5.91 Å². The largest absolute Gasteiger partial charge is 0.463 e. The lowest BCUT2D eigenvalue weighted by molar-refractivity contribution is -0.119. The fraction of sp³-hybridized carbons (Fsp3) is 0.417. The van der Waals surface area contributed by atoms with E-state index >= 15 is 0 Å². The zero-order valence-corrected chi connectivity index (χ0v) is 17.7. The first-order chi connectivity index (χ1) is 14.6. The van der Waals surface area contributed by atoms with Gasteiger partial charge in [0.15, 0.2) is 5.58 Å². The first-order valence-corrected chi connectivity index (χ1v) is 10.8. The molecule has 0 spiro atoms. The van der Waals surface area contributed by atoms with Crippen LogP contribution in [-0.4, -0.2) is 29.0 Å². The molecule has 6 heteroatoms. The quantitative estimate of drug-likeness (QED) is 0.646. The van der Waals surface area contributed by atoms with Gasteiger partial charge in [-0.3, -0.25) is 9.59 Å². The molecule has 1 aliphatic rings. The first-order valence-electron chi connectivity index (χ1n) is 10.8. The molecule has 6 nitrogen and oxygen atoms in total. The molecule has 0 saturated heterocycles. The zero-order valence-electron chi connectivity index (χ0n) is 17.7. The Labute approximate surface area is 176 Å². The number of hydrogen-bond acceptors (Lipinski definition) is 3. The van der Waals surface area contributed by atoms with E-state index in [2.05, 4.69) is 5.32 Å². The topological polar surface area (TPSA) is 67.5 Å². The van der Waals surface area contributed by atoms with E-state index in [1.54, 1.807) is 21.8 Å². The Balaban J connectivity index is 1.59. The van der Waals surface area contributed by atoms with Crippen LogP contribution in [0.15, 0.2) is 47.1 Å². The van der Waals surface area contributed by atoms with Crippen molar-refractivity contribution in [2.75, 3.05) is 11.4 Å². The minimum absolute atomic E-state index is 0.0616. The van der Waals surface area contributed by atoms with Gasteiger partial charge in [-0.25, -0.2) is 0 Å². The standard InChI is InChI=1S/C24H29N3O3/c1-3-26(19-11-7-8-17(2)14-19)23(28)16-27-20-12-13-30-22(20)15-21(27)24(29)25-18-9-5-4-6-10-18/h7-8,11-15,18H,3-6,9-10,16H2,1-2H3,(H,25,29). The second kappa shape index (κ2) is 8.78. The number of nitrogens with zero attached hydrogens (tertiary/aromatic N) is 2. The third-order valence-electron chi connectivity index (χ3n) is 5.92. The van der Waals surface area contributed by atoms with E-state index in [-0.39, 0.29) is 24.4 Å². The summed E-state index contributed by atoms with van der Waals surface area (Å²) in [6.07, 6.45) is 7.14.